The molecular weight excluding hydrogens is 284 g/mol. The summed E-state index contributed by atoms with van der Waals surface area (Å²) in [5.41, 5.74) is 2.03. The Kier molecular flexibility index (Phi) is 3.74. The number of rotatable bonds is 1. The second-order valence-corrected chi connectivity index (χ2v) is 9.51. The van der Waals surface area contributed by atoms with Crippen LogP contribution in [0, 0.1) is 34.5 Å². The summed E-state index contributed by atoms with van der Waals surface area (Å²) in [6, 6.07) is 0. The summed E-state index contributed by atoms with van der Waals surface area (Å²) >= 11 is 0. The molecule has 3 saturated carbocycles. The quantitative estimate of drug-likeness (QED) is 0.707. The van der Waals surface area contributed by atoms with Gasteiger partial charge in [0.1, 0.15) is 0 Å². The second kappa shape index (κ2) is 5.33. The molecule has 4 rings (SSSR count). The molecule has 0 heterocycles. The minimum atomic E-state index is -0.120. The fraction of sp³-hybridized carbons (Fsp3) is 0.905. The van der Waals surface area contributed by atoms with Crippen molar-refractivity contribution in [3.8, 4) is 0 Å². The molecule has 4 aliphatic carbocycles. The lowest BCUT2D eigenvalue weighted by molar-refractivity contribution is -0.0874. The van der Waals surface area contributed by atoms with Crippen LogP contribution in [0.1, 0.15) is 72.1 Å². The van der Waals surface area contributed by atoms with Gasteiger partial charge in [-0.25, -0.2) is 0 Å². The second-order valence-electron chi connectivity index (χ2n) is 9.51. The first kappa shape index (κ1) is 16.1. The van der Waals surface area contributed by atoms with Crippen LogP contribution in [0.15, 0.2) is 11.6 Å². The summed E-state index contributed by atoms with van der Waals surface area (Å²) in [4.78, 5) is 0. The zero-order chi connectivity index (χ0) is 16.4. The fourth-order valence-corrected chi connectivity index (χ4v) is 7.17. The number of hydrogen-bond acceptors (Lipinski definition) is 2. The van der Waals surface area contributed by atoms with Gasteiger partial charge in [-0.15, -0.1) is 0 Å². The normalized spacial score (nSPS) is 55.6. The van der Waals surface area contributed by atoms with Gasteiger partial charge in [0.25, 0.3) is 0 Å². The Bertz CT molecular complexity index is 512. The molecule has 2 heteroatoms. The van der Waals surface area contributed by atoms with E-state index in [4.69, 9.17) is 0 Å². The molecule has 0 aliphatic heterocycles. The molecule has 0 bridgehead atoms. The highest BCUT2D eigenvalue weighted by molar-refractivity contribution is 5.27. The van der Waals surface area contributed by atoms with Crippen molar-refractivity contribution in [3.63, 3.8) is 0 Å². The van der Waals surface area contributed by atoms with Crippen molar-refractivity contribution < 1.29 is 10.2 Å². The van der Waals surface area contributed by atoms with Crippen LogP contribution < -0.4 is 0 Å². The summed E-state index contributed by atoms with van der Waals surface area (Å²) in [5.74, 6) is 2.87. The van der Waals surface area contributed by atoms with Gasteiger partial charge >= 0.3 is 0 Å². The number of fused-ring (bicyclic) bond motifs is 5. The number of aliphatic hydroxyl groups is 2. The fourth-order valence-electron chi connectivity index (χ4n) is 7.17. The van der Waals surface area contributed by atoms with E-state index in [1.54, 1.807) is 5.57 Å². The molecule has 2 nitrogen and oxygen atoms in total. The highest BCUT2D eigenvalue weighted by Gasteiger charge is 2.60. The van der Waals surface area contributed by atoms with Crippen molar-refractivity contribution in [2.45, 2.75) is 84.3 Å². The van der Waals surface area contributed by atoms with Crippen molar-refractivity contribution in [2.75, 3.05) is 0 Å². The predicted octanol–water partition coefficient (Wildman–Crippen LogP) is 4.31. The third-order valence-corrected chi connectivity index (χ3v) is 8.67. The van der Waals surface area contributed by atoms with Gasteiger partial charge in [0.05, 0.1) is 12.2 Å². The Labute approximate surface area is 141 Å². The SMILES string of the molecule is CC[C@H]1C=C2C[C@@H](O)CC[C@]2(C)[C@H]2CC[C@]3(C)[C@@H](O)CC[C@H]3[C@H]12. The van der Waals surface area contributed by atoms with Crippen molar-refractivity contribution in [3.05, 3.63) is 11.6 Å². The largest absolute Gasteiger partial charge is 0.393 e. The lowest BCUT2D eigenvalue weighted by atomic mass is 9.45. The van der Waals surface area contributed by atoms with E-state index >= 15 is 0 Å². The Morgan fingerprint density at radius 1 is 1.04 bits per heavy atom. The summed E-state index contributed by atoms with van der Waals surface area (Å²) in [7, 11) is 0. The van der Waals surface area contributed by atoms with Crippen LogP contribution in [-0.2, 0) is 0 Å². The number of aliphatic hydroxyl groups excluding tert-OH is 2. The van der Waals surface area contributed by atoms with Crippen molar-refractivity contribution in [2.24, 2.45) is 34.5 Å². The number of allylic oxidation sites excluding steroid dienone is 1. The van der Waals surface area contributed by atoms with Crippen LogP contribution in [0.5, 0.6) is 0 Å². The molecule has 0 saturated heterocycles. The first-order valence-electron chi connectivity index (χ1n) is 9.97. The summed E-state index contributed by atoms with van der Waals surface area (Å²) in [6.45, 7) is 7.19. The van der Waals surface area contributed by atoms with Crippen LogP contribution in [0.3, 0.4) is 0 Å². The van der Waals surface area contributed by atoms with Crippen molar-refractivity contribution in [1.29, 1.82) is 0 Å². The van der Waals surface area contributed by atoms with Gasteiger partial charge in [-0.05, 0) is 85.9 Å². The van der Waals surface area contributed by atoms with Crippen molar-refractivity contribution in [1.82, 2.24) is 0 Å². The molecule has 0 aromatic heterocycles. The third-order valence-electron chi connectivity index (χ3n) is 8.67. The Morgan fingerprint density at radius 2 is 1.83 bits per heavy atom. The Hall–Kier alpha value is -0.340. The molecule has 0 radical (unpaired) electrons. The maximum Gasteiger partial charge on any atom is 0.0596 e. The average Bonchev–Trinajstić information content (AvgIpc) is 2.83. The van der Waals surface area contributed by atoms with E-state index in [-0.39, 0.29) is 17.6 Å². The zero-order valence-corrected chi connectivity index (χ0v) is 15.1. The highest BCUT2D eigenvalue weighted by Crippen LogP contribution is 2.66. The van der Waals surface area contributed by atoms with Crippen LogP contribution in [-0.4, -0.2) is 22.4 Å². The molecular formula is C21H34O2. The van der Waals surface area contributed by atoms with Crippen LogP contribution >= 0.6 is 0 Å². The van der Waals surface area contributed by atoms with Crippen molar-refractivity contribution >= 4 is 0 Å². The van der Waals surface area contributed by atoms with Gasteiger partial charge in [0.15, 0.2) is 0 Å². The first-order valence-corrected chi connectivity index (χ1v) is 9.97. The molecule has 0 amide bonds. The molecule has 23 heavy (non-hydrogen) atoms. The molecule has 0 spiro atoms. The highest BCUT2D eigenvalue weighted by atomic mass is 16.3. The molecule has 0 unspecified atom stereocenters. The number of hydrogen-bond donors (Lipinski definition) is 2. The smallest absolute Gasteiger partial charge is 0.0596 e. The van der Waals surface area contributed by atoms with Crippen LogP contribution in [0.4, 0.5) is 0 Å². The first-order chi connectivity index (χ1) is 10.9. The van der Waals surface area contributed by atoms with Gasteiger partial charge < -0.3 is 10.2 Å². The van der Waals surface area contributed by atoms with E-state index in [0.29, 0.717) is 17.3 Å². The van der Waals surface area contributed by atoms with Gasteiger partial charge in [-0.2, -0.15) is 0 Å². The van der Waals surface area contributed by atoms with Gasteiger partial charge in [-0.3, -0.25) is 0 Å². The maximum atomic E-state index is 10.6. The minimum absolute atomic E-state index is 0.0858. The molecule has 130 valence electrons. The van der Waals surface area contributed by atoms with E-state index < -0.39 is 0 Å². The molecule has 8 atom stereocenters. The van der Waals surface area contributed by atoms with E-state index in [1.165, 1.54) is 25.7 Å². The molecule has 2 N–H and O–H groups in total. The monoisotopic (exact) mass is 318 g/mol. The minimum Gasteiger partial charge on any atom is -0.393 e. The molecule has 0 aromatic carbocycles. The van der Waals surface area contributed by atoms with Crippen LogP contribution in [0.25, 0.3) is 0 Å². The van der Waals surface area contributed by atoms with Gasteiger partial charge in [0, 0.05) is 0 Å². The van der Waals surface area contributed by atoms with Crippen LogP contribution in [0.2, 0.25) is 0 Å². The predicted molar refractivity (Wildman–Crippen MR) is 92.9 cm³/mol. The van der Waals surface area contributed by atoms with Gasteiger partial charge in [0.2, 0.25) is 0 Å². The molecule has 3 fully saturated rings. The molecule has 4 aliphatic rings. The lowest BCUT2D eigenvalue weighted by Crippen LogP contribution is -2.53. The Morgan fingerprint density at radius 3 is 2.57 bits per heavy atom. The standard InChI is InChI=1S/C21H34O2/c1-4-13-11-14-12-15(22)7-9-20(14,2)17-8-10-21(3)16(19(13)17)5-6-18(21)23/h11,13,15-19,22-23H,4-10,12H2,1-3H3/t13-,15-,16-,17-,18-,19-,20-,21-/m0/s1. The summed E-state index contributed by atoms with van der Waals surface area (Å²) < 4.78 is 0. The zero-order valence-electron chi connectivity index (χ0n) is 15.1. The average molecular weight is 319 g/mol. The third kappa shape index (κ3) is 2.13. The maximum absolute atomic E-state index is 10.6. The van der Waals surface area contributed by atoms with Gasteiger partial charge in [-0.1, -0.05) is 32.4 Å². The molecule has 0 aromatic rings. The van der Waals surface area contributed by atoms with E-state index in [2.05, 4.69) is 26.8 Å². The Balaban J connectivity index is 1.75. The summed E-state index contributed by atoms with van der Waals surface area (Å²) in [5, 5.41) is 20.8. The topological polar surface area (TPSA) is 40.5 Å². The summed E-state index contributed by atoms with van der Waals surface area (Å²) in [6.07, 6.45) is 11.3. The van der Waals surface area contributed by atoms with E-state index in [1.807, 2.05) is 0 Å². The van der Waals surface area contributed by atoms with E-state index in [0.717, 1.165) is 37.5 Å². The van der Waals surface area contributed by atoms with E-state index in [9.17, 15) is 10.2 Å². The lowest BCUT2D eigenvalue weighted by Gasteiger charge is -2.59.